The van der Waals surface area contributed by atoms with Crippen molar-refractivity contribution in [3.63, 3.8) is 0 Å². The number of hydrogen-bond acceptors (Lipinski definition) is 4. The van der Waals surface area contributed by atoms with Crippen LogP contribution in [0.2, 0.25) is 0 Å². The van der Waals surface area contributed by atoms with E-state index in [1.54, 1.807) is 0 Å². The van der Waals surface area contributed by atoms with Crippen molar-refractivity contribution in [1.82, 2.24) is 5.32 Å². The van der Waals surface area contributed by atoms with Crippen molar-refractivity contribution in [2.75, 3.05) is 31.6 Å². The van der Waals surface area contributed by atoms with E-state index in [-0.39, 0.29) is 5.92 Å². The molecule has 4 heteroatoms. The summed E-state index contributed by atoms with van der Waals surface area (Å²) < 4.78 is 5.54. The van der Waals surface area contributed by atoms with Crippen LogP contribution in [-0.2, 0) is 11.2 Å². The summed E-state index contributed by atoms with van der Waals surface area (Å²) >= 11 is 0. The van der Waals surface area contributed by atoms with Crippen LogP contribution in [0, 0.1) is 5.92 Å². The van der Waals surface area contributed by atoms with E-state index in [0.717, 1.165) is 49.5 Å². The van der Waals surface area contributed by atoms with Gasteiger partial charge in [-0.3, -0.25) is 4.79 Å². The highest BCUT2D eigenvalue weighted by atomic mass is 16.5. The Kier molecular flexibility index (Phi) is 3.69. The summed E-state index contributed by atoms with van der Waals surface area (Å²) in [5.74, 6) is 1.50. The molecule has 1 fully saturated rings. The number of benzene rings is 1. The second kappa shape index (κ2) is 5.61. The summed E-state index contributed by atoms with van der Waals surface area (Å²) in [4.78, 5) is 12.3. The molecule has 102 valence electrons. The van der Waals surface area contributed by atoms with Crippen molar-refractivity contribution >= 4 is 11.5 Å². The minimum Gasteiger partial charge on any atom is -0.490 e. The van der Waals surface area contributed by atoms with Crippen molar-refractivity contribution < 1.29 is 9.53 Å². The van der Waals surface area contributed by atoms with Gasteiger partial charge in [0.05, 0.1) is 5.69 Å². The van der Waals surface area contributed by atoms with Crippen molar-refractivity contribution in [1.29, 1.82) is 0 Å². The van der Waals surface area contributed by atoms with E-state index in [1.165, 1.54) is 0 Å². The van der Waals surface area contributed by atoms with Gasteiger partial charge in [-0.1, -0.05) is 6.07 Å². The molecule has 4 nitrogen and oxygen atoms in total. The number of fused-ring (bicyclic) bond motifs is 1. The molecular weight excluding hydrogens is 240 g/mol. The summed E-state index contributed by atoms with van der Waals surface area (Å²) in [5, 5.41) is 6.61. The summed E-state index contributed by atoms with van der Waals surface area (Å²) in [6, 6.07) is 6.02. The maximum absolute atomic E-state index is 12.3. The fraction of sp³-hybridized carbons (Fsp3) is 0.533. The lowest BCUT2D eigenvalue weighted by molar-refractivity contribution is -0.122. The molecule has 0 bridgehead atoms. The Balaban J connectivity index is 1.67. The highest BCUT2D eigenvalue weighted by Crippen LogP contribution is 2.28. The van der Waals surface area contributed by atoms with Gasteiger partial charge in [-0.05, 0) is 43.6 Å². The molecule has 0 saturated carbocycles. The standard InChI is InChI=1S/C15H20N2O2/c18-14(12-3-5-16-6-4-12)10-11-1-2-15-13(9-11)17-7-8-19-15/h1-2,9,12,16-17H,3-8,10H2. The van der Waals surface area contributed by atoms with E-state index in [9.17, 15) is 4.79 Å². The molecule has 0 radical (unpaired) electrons. The lowest BCUT2D eigenvalue weighted by Crippen LogP contribution is -2.32. The van der Waals surface area contributed by atoms with Crippen LogP contribution in [0.5, 0.6) is 5.75 Å². The second-order valence-electron chi connectivity index (χ2n) is 5.27. The van der Waals surface area contributed by atoms with Crippen molar-refractivity contribution in [3.05, 3.63) is 23.8 Å². The first kappa shape index (κ1) is 12.5. The van der Waals surface area contributed by atoms with Crippen LogP contribution in [0.15, 0.2) is 18.2 Å². The van der Waals surface area contributed by atoms with E-state index < -0.39 is 0 Å². The molecule has 19 heavy (non-hydrogen) atoms. The van der Waals surface area contributed by atoms with E-state index >= 15 is 0 Å². The first-order valence-corrected chi connectivity index (χ1v) is 7.06. The Hall–Kier alpha value is -1.55. The number of nitrogens with one attached hydrogen (secondary N) is 2. The predicted molar refractivity (Wildman–Crippen MR) is 74.7 cm³/mol. The Morgan fingerprint density at radius 2 is 2.11 bits per heavy atom. The van der Waals surface area contributed by atoms with Gasteiger partial charge in [0.1, 0.15) is 18.1 Å². The van der Waals surface area contributed by atoms with Gasteiger partial charge in [-0.2, -0.15) is 0 Å². The van der Waals surface area contributed by atoms with Crippen LogP contribution in [0.1, 0.15) is 18.4 Å². The molecule has 2 heterocycles. The van der Waals surface area contributed by atoms with Gasteiger partial charge >= 0.3 is 0 Å². The molecule has 0 aliphatic carbocycles. The largest absolute Gasteiger partial charge is 0.490 e. The fourth-order valence-electron chi connectivity index (χ4n) is 2.79. The van der Waals surface area contributed by atoms with Crippen molar-refractivity contribution in [3.8, 4) is 5.75 Å². The van der Waals surface area contributed by atoms with E-state index in [4.69, 9.17) is 4.74 Å². The Morgan fingerprint density at radius 1 is 1.26 bits per heavy atom. The number of ketones is 1. The molecule has 3 rings (SSSR count). The van der Waals surface area contributed by atoms with Crippen molar-refractivity contribution in [2.24, 2.45) is 5.92 Å². The Bertz CT molecular complexity index is 467. The third-order valence-electron chi connectivity index (χ3n) is 3.89. The molecule has 2 N–H and O–H groups in total. The molecular formula is C15H20N2O2. The summed E-state index contributed by atoms with van der Waals surface area (Å²) in [5.41, 5.74) is 2.10. The number of Topliss-reactive ketones (excluding diaryl/α,β-unsaturated/α-hetero) is 1. The number of ether oxygens (including phenoxy) is 1. The summed E-state index contributed by atoms with van der Waals surface area (Å²) in [6.45, 7) is 3.48. The molecule has 0 atom stereocenters. The smallest absolute Gasteiger partial charge is 0.142 e. The Morgan fingerprint density at radius 3 is 2.95 bits per heavy atom. The predicted octanol–water partition coefficient (Wildman–Crippen LogP) is 1.60. The van der Waals surface area contributed by atoms with Crippen LogP contribution in [0.4, 0.5) is 5.69 Å². The first-order valence-electron chi connectivity index (χ1n) is 7.06. The summed E-state index contributed by atoms with van der Waals surface area (Å²) in [6.07, 6.45) is 2.50. The van der Waals surface area contributed by atoms with Gasteiger partial charge in [-0.25, -0.2) is 0 Å². The third-order valence-corrected chi connectivity index (χ3v) is 3.89. The van der Waals surface area contributed by atoms with Crippen molar-refractivity contribution in [2.45, 2.75) is 19.3 Å². The molecule has 1 saturated heterocycles. The van der Waals surface area contributed by atoms with Gasteiger partial charge in [0.25, 0.3) is 0 Å². The lowest BCUT2D eigenvalue weighted by atomic mass is 9.90. The maximum Gasteiger partial charge on any atom is 0.142 e. The highest BCUT2D eigenvalue weighted by molar-refractivity contribution is 5.83. The average molecular weight is 260 g/mol. The molecule has 0 unspecified atom stereocenters. The summed E-state index contributed by atoms with van der Waals surface area (Å²) in [7, 11) is 0. The van der Waals surface area contributed by atoms with Crippen LogP contribution < -0.4 is 15.4 Å². The van der Waals surface area contributed by atoms with E-state index in [1.807, 2.05) is 18.2 Å². The Labute approximate surface area is 113 Å². The molecule has 1 aromatic carbocycles. The number of carbonyl (C=O) groups is 1. The topological polar surface area (TPSA) is 50.4 Å². The second-order valence-corrected chi connectivity index (χ2v) is 5.27. The van der Waals surface area contributed by atoms with Crippen LogP contribution in [0.25, 0.3) is 0 Å². The third kappa shape index (κ3) is 2.89. The van der Waals surface area contributed by atoms with E-state index in [0.29, 0.717) is 18.8 Å². The monoisotopic (exact) mass is 260 g/mol. The minimum absolute atomic E-state index is 0.237. The zero-order valence-corrected chi connectivity index (χ0v) is 11.1. The zero-order chi connectivity index (χ0) is 13.1. The molecule has 0 spiro atoms. The number of piperidine rings is 1. The van der Waals surface area contributed by atoms with Crippen LogP contribution in [0.3, 0.4) is 0 Å². The quantitative estimate of drug-likeness (QED) is 0.867. The normalized spacial score (nSPS) is 19.2. The molecule has 0 amide bonds. The number of anilines is 1. The average Bonchev–Trinajstić information content (AvgIpc) is 2.48. The SMILES string of the molecule is O=C(Cc1ccc2c(c1)NCCO2)C1CCNCC1. The number of carbonyl (C=O) groups excluding carboxylic acids is 1. The number of rotatable bonds is 3. The van der Waals surface area contributed by atoms with Gasteiger partial charge in [0.15, 0.2) is 0 Å². The molecule has 2 aliphatic rings. The molecule has 2 aliphatic heterocycles. The van der Waals surface area contributed by atoms with Crippen LogP contribution >= 0.6 is 0 Å². The lowest BCUT2D eigenvalue weighted by Gasteiger charge is -2.22. The highest BCUT2D eigenvalue weighted by Gasteiger charge is 2.21. The molecule has 0 aromatic heterocycles. The minimum atomic E-state index is 0.237. The number of hydrogen-bond donors (Lipinski definition) is 2. The van der Waals surface area contributed by atoms with Gasteiger partial charge in [-0.15, -0.1) is 0 Å². The zero-order valence-electron chi connectivity index (χ0n) is 11.1. The van der Waals surface area contributed by atoms with Gasteiger partial charge < -0.3 is 15.4 Å². The van der Waals surface area contributed by atoms with E-state index in [2.05, 4.69) is 10.6 Å². The fourth-order valence-corrected chi connectivity index (χ4v) is 2.79. The first-order chi connectivity index (χ1) is 9.33. The molecule has 1 aromatic rings. The van der Waals surface area contributed by atoms with Gasteiger partial charge in [0.2, 0.25) is 0 Å². The van der Waals surface area contributed by atoms with Crippen LogP contribution in [-0.4, -0.2) is 32.0 Å². The maximum atomic E-state index is 12.3. The van der Waals surface area contributed by atoms with Gasteiger partial charge in [0, 0.05) is 18.9 Å².